The van der Waals surface area contributed by atoms with Gasteiger partial charge in [0, 0.05) is 38.0 Å². The first-order valence-electron chi connectivity index (χ1n) is 6.93. The first-order valence-corrected chi connectivity index (χ1v) is 6.93. The van der Waals surface area contributed by atoms with Crippen molar-refractivity contribution in [2.24, 2.45) is 0 Å². The largest absolute Gasteiger partial charge is 0.383 e. The minimum Gasteiger partial charge on any atom is -0.383 e. The Morgan fingerprint density at radius 1 is 1.37 bits per heavy atom. The molecule has 0 unspecified atom stereocenters. The summed E-state index contributed by atoms with van der Waals surface area (Å²) in [5, 5.41) is 3.25. The standard InChI is InChI=1S/C14H26N4O/c1-6-7-15-14-16-12(4)10-13(17-14)18(11(2)3)8-9-19-5/h10-11H,6-9H2,1-5H3,(H,15,16,17). The molecule has 0 saturated heterocycles. The zero-order valence-electron chi connectivity index (χ0n) is 12.7. The molecule has 108 valence electrons. The van der Waals surface area contributed by atoms with E-state index in [1.54, 1.807) is 7.11 Å². The summed E-state index contributed by atoms with van der Waals surface area (Å²) in [5.74, 6) is 1.66. The second-order valence-electron chi connectivity index (χ2n) is 4.90. The van der Waals surface area contributed by atoms with Crippen molar-refractivity contribution < 1.29 is 4.74 Å². The number of rotatable bonds is 8. The topological polar surface area (TPSA) is 50.3 Å². The third-order valence-corrected chi connectivity index (χ3v) is 2.83. The van der Waals surface area contributed by atoms with E-state index < -0.39 is 0 Å². The van der Waals surface area contributed by atoms with E-state index in [1.807, 2.05) is 13.0 Å². The van der Waals surface area contributed by atoms with Crippen LogP contribution in [0.25, 0.3) is 0 Å². The molecule has 5 heteroatoms. The Balaban J connectivity index is 2.91. The van der Waals surface area contributed by atoms with Crippen molar-refractivity contribution in [3.05, 3.63) is 11.8 Å². The molecule has 0 aliphatic heterocycles. The molecule has 1 aromatic rings. The highest BCUT2D eigenvalue weighted by molar-refractivity contribution is 5.45. The number of aryl methyl sites for hydroxylation is 1. The van der Waals surface area contributed by atoms with Crippen LogP contribution in [0.2, 0.25) is 0 Å². The van der Waals surface area contributed by atoms with Crippen LogP contribution in [0.15, 0.2) is 6.07 Å². The number of aromatic nitrogens is 2. The van der Waals surface area contributed by atoms with Gasteiger partial charge in [-0.3, -0.25) is 0 Å². The molecule has 0 saturated carbocycles. The van der Waals surface area contributed by atoms with E-state index in [4.69, 9.17) is 4.74 Å². The minimum atomic E-state index is 0.378. The summed E-state index contributed by atoms with van der Waals surface area (Å²) in [6.45, 7) is 10.9. The van der Waals surface area contributed by atoms with E-state index >= 15 is 0 Å². The molecule has 0 radical (unpaired) electrons. The summed E-state index contributed by atoms with van der Waals surface area (Å²) in [4.78, 5) is 11.2. The van der Waals surface area contributed by atoms with Crippen LogP contribution < -0.4 is 10.2 Å². The van der Waals surface area contributed by atoms with E-state index in [9.17, 15) is 0 Å². The lowest BCUT2D eigenvalue weighted by Gasteiger charge is -2.28. The Hall–Kier alpha value is -1.36. The molecule has 0 aliphatic carbocycles. The average molecular weight is 266 g/mol. The first kappa shape index (κ1) is 15.7. The molecule has 0 aliphatic rings. The van der Waals surface area contributed by atoms with Crippen LogP contribution in [0.4, 0.5) is 11.8 Å². The maximum absolute atomic E-state index is 5.17. The molecule has 0 aromatic carbocycles. The molecule has 0 spiro atoms. The number of nitrogens with zero attached hydrogens (tertiary/aromatic N) is 3. The molecule has 0 atom stereocenters. The number of hydrogen-bond acceptors (Lipinski definition) is 5. The van der Waals surface area contributed by atoms with Gasteiger partial charge in [0.2, 0.25) is 5.95 Å². The van der Waals surface area contributed by atoms with Crippen molar-refractivity contribution in [3.8, 4) is 0 Å². The number of ether oxygens (including phenoxy) is 1. The second-order valence-corrected chi connectivity index (χ2v) is 4.90. The second kappa shape index (κ2) is 7.94. The number of methoxy groups -OCH3 is 1. The maximum Gasteiger partial charge on any atom is 0.224 e. The molecule has 1 aromatic heterocycles. The van der Waals surface area contributed by atoms with E-state index in [0.717, 1.165) is 31.0 Å². The van der Waals surface area contributed by atoms with E-state index in [-0.39, 0.29) is 0 Å². The number of anilines is 2. The molecule has 0 fully saturated rings. The van der Waals surface area contributed by atoms with E-state index in [0.29, 0.717) is 18.6 Å². The number of hydrogen-bond donors (Lipinski definition) is 1. The van der Waals surface area contributed by atoms with Gasteiger partial charge in [0.05, 0.1) is 6.61 Å². The van der Waals surface area contributed by atoms with Gasteiger partial charge in [-0.25, -0.2) is 4.98 Å². The minimum absolute atomic E-state index is 0.378. The summed E-state index contributed by atoms with van der Waals surface area (Å²) in [5.41, 5.74) is 0.978. The average Bonchev–Trinajstić information content (AvgIpc) is 2.36. The van der Waals surface area contributed by atoms with Crippen molar-refractivity contribution in [2.75, 3.05) is 37.0 Å². The molecule has 0 amide bonds. The highest BCUT2D eigenvalue weighted by Gasteiger charge is 2.13. The van der Waals surface area contributed by atoms with Crippen molar-refractivity contribution >= 4 is 11.8 Å². The third kappa shape index (κ3) is 5.03. The van der Waals surface area contributed by atoms with Crippen LogP contribution in [0.3, 0.4) is 0 Å². The van der Waals surface area contributed by atoms with Gasteiger partial charge in [0.1, 0.15) is 5.82 Å². The van der Waals surface area contributed by atoms with Crippen LogP contribution in [-0.2, 0) is 4.74 Å². The normalized spacial score (nSPS) is 10.8. The SMILES string of the molecule is CCCNc1nc(C)cc(N(CCOC)C(C)C)n1. The van der Waals surface area contributed by atoms with Gasteiger partial charge in [-0.2, -0.15) is 4.98 Å². The smallest absolute Gasteiger partial charge is 0.224 e. The monoisotopic (exact) mass is 266 g/mol. The zero-order valence-corrected chi connectivity index (χ0v) is 12.7. The lowest BCUT2D eigenvalue weighted by atomic mass is 10.3. The van der Waals surface area contributed by atoms with E-state index in [2.05, 4.69) is 41.0 Å². The fourth-order valence-electron chi connectivity index (χ4n) is 1.84. The molecule has 1 rings (SSSR count). The Morgan fingerprint density at radius 2 is 2.11 bits per heavy atom. The Morgan fingerprint density at radius 3 is 2.68 bits per heavy atom. The Kier molecular flexibility index (Phi) is 6.56. The van der Waals surface area contributed by atoms with Crippen molar-refractivity contribution in [1.29, 1.82) is 0 Å². The van der Waals surface area contributed by atoms with E-state index in [1.165, 1.54) is 0 Å². The molecule has 0 bridgehead atoms. The fraction of sp³-hybridized carbons (Fsp3) is 0.714. The van der Waals surface area contributed by atoms with Crippen LogP contribution in [0.1, 0.15) is 32.9 Å². The van der Waals surface area contributed by atoms with Gasteiger partial charge >= 0.3 is 0 Å². The predicted octanol–water partition coefficient (Wildman–Crippen LogP) is 2.47. The van der Waals surface area contributed by atoms with Crippen molar-refractivity contribution in [1.82, 2.24) is 9.97 Å². The van der Waals surface area contributed by atoms with Crippen LogP contribution >= 0.6 is 0 Å². The molecular weight excluding hydrogens is 240 g/mol. The number of nitrogens with one attached hydrogen (secondary N) is 1. The van der Waals surface area contributed by atoms with Gasteiger partial charge in [-0.1, -0.05) is 6.92 Å². The van der Waals surface area contributed by atoms with Gasteiger partial charge in [-0.05, 0) is 27.2 Å². The Labute approximate surface area is 116 Å². The quantitative estimate of drug-likeness (QED) is 0.783. The van der Waals surface area contributed by atoms with Crippen LogP contribution in [0.5, 0.6) is 0 Å². The highest BCUT2D eigenvalue weighted by atomic mass is 16.5. The highest BCUT2D eigenvalue weighted by Crippen LogP contribution is 2.17. The van der Waals surface area contributed by atoms with Gasteiger partial charge in [0.15, 0.2) is 0 Å². The predicted molar refractivity (Wildman–Crippen MR) is 79.9 cm³/mol. The zero-order chi connectivity index (χ0) is 14.3. The summed E-state index contributed by atoms with van der Waals surface area (Å²) < 4.78 is 5.17. The summed E-state index contributed by atoms with van der Waals surface area (Å²) >= 11 is 0. The Bertz CT molecular complexity index is 382. The summed E-state index contributed by atoms with van der Waals surface area (Å²) in [6, 6.07) is 2.40. The summed E-state index contributed by atoms with van der Waals surface area (Å²) in [6.07, 6.45) is 1.06. The van der Waals surface area contributed by atoms with Crippen LogP contribution in [0, 0.1) is 6.92 Å². The van der Waals surface area contributed by atoms with Crippen molar-refractivity contribution in [3.63, 3.8) is 0 Å². The van der Waals surface area contributed by atoms with Crippen molar-refractivity contribution in [2.45, 2.75) is 40.2 Å². The summed E-state index contributed by atoms with van der Waals surface area (Å²) in [7, 11) is 1.72. The lowest BCUT2D eigenvalue weighted by Crippen LogP contribution is -2.34. The molecule has 1 N–H and O–H groups in total. The van der Waals surface area contributed by atoms with Gasteiger partial charge in [0.25, 0.3) is 0 Å². The maximum atomic E-state index is 5.17. The van der Waals surface area contributed by atoms with Gasteiger partial charge in [-0.15, -0.1) is 0 Å². The fourth-order valence-corrected chi connectivity index (χ4v) is 1.84. The molecule has 19 heavy (non-hydrogen) atoms. The van der Waals surface area contributed by atoms with Crippen LogP contribution in [-0.4, -0.2) is 42.8 Å². The molecular formula is C14H26N4O. The molecule has 5 nitrogen and oxygen atoms in total. The first-order chi connectivity index (χ1) is 9.08. The third-order valence-electron chi connectivity index (χ3n) is 2.83. The van der Waals surface area contributed by atoms with Gasteiger partial charge < -0.3 is 15.0 Å². The molecule has 1 heterocycles. The lowest BCUT2D eigenvalue weighted by molar-refractivity contribution is 0.203.